The quantitative estimate of drug-likeness (QED) is 0.508. The number of carboxylic acid groups (broad SMARTS) is 1. The molecule has 2 amide bonds. The number of alkyl carbamates (subject to hydrolysis) is 1. The molecule has 0 bridgehead atoms. The molecule has 2 unspecified atom stereocenters. The second kappa shape index (κ2) is 11.0. The Morgan fingerprint density at radius 2 is 1.61 bits per heavy atom. The van der Waals surface area contributed by atoms with Crippen LogP contribution in [-0.4, -0.2) is 64.9 Å². The highest BCUT2D eigenvalue weighted by Gasteiger charge is 2.29. The lowest BCUT2D eigenvalue weighted by atomic mass is 9.98. The van der Waals surface area contributed by atoms with Gasteiger partial charge < -0.3 is 25.2 Å². The van der Waals surface area contributed by atoms with Crippen molar-refractivity contribution in [2.75, 3.05) is 19.7 Å². The van der Waals surface area contributed by atoms with Crippen LogP contribution >= 0.6 is 0 Å². The molecule has 1 aliphatic rings. The van der Waals surface area contributed by atoms with Crippen LogP contribution in [-0.2, 0) is 14.3 Å². The summed E-state index contributed by atoms with van der Waals surface area (Å²) in [5.74, 6) is -1.43. The van der Waals surface area contributed by atoms with E-state index in [0.29, 0.717) is 6.54 Å². The Morgan fingerprint density at radius 1 is 1.03 bits per heavy atom. The number of hydrogen-bond acceptors (Lipinski definition) is 5. The molecule has 0 radical (unpaired) electrons. The van der Waals surface area contributed by atoms with Crippen molar-refractivity contribution in [1.29, 1.82) is 0 Å². The van der Waals surface area contributed by atoms with Crippen molar-refractivity contribution in [3.05, 3.63) is 59.7 Å². The van der Waals surface area contributed by atoms with Gasteiger partial charge in [-0.15, -0.1) is 0 Å². The lowest BCUT2D eigenvalue weighted by Gasteiger charge is -2.28. The fourth-order valence-electron chi connectivity index (χ4n) is 4.34. The molecule has 3 rings (SSSR count). The number of fused-ring (bicyclic) bond motifs is 3. The van der Waals surface area contributed by atoms with Crippen molar-refractivity contribution in [2.45, 2.75) is 44.8 Å². The summed E-state index contributed by atoms with van der Waals surface area (Å²) in [6.45, 7) is 3.74. The third-order valence-corrected chi connectivity index (χ3v) is 5.90. The maximum absolute atomic E-state index is 12.4. The first-order valence-electron chi connectivity index (χ1n) is 11.1. The Morgan fingerprint density at radius 3 is 2.15 bits per heavy atom. The van der Waals surface area contributed by atoms with Crippen LogP contribution in [0.4, 0.5) is 4.79 Å². The number of benzene rings is 2. The Kier molecular flexibility index (Phi) is 8.06. The minimum Gasteiger partial charge on any atom is -0.481 e. The van der Waals surface area contributed by atoms with E-state index in [2.05, 4.69) is 17.4 Å². The molecule has 0 spiro atoms. The molecule has 0 aromatic heterocycles. The fourth-order valence-corrected chi connectivity index (χ4v) is 4.34. The number of ether oxygens (including phenoxy) is 1. The van der Waals surface area contributed by atoms with Crippen LogP contribution in [0.15, 0.2) is 48.5 Å². The van der Waals surface area contributed by atoms with Crippen LogP contribution < -0.4 is 5.32 Å². The average molecular weight is 455 g/mol. The lowest BCUT2D eigenvalue weighted by Crippen LogP contribution is -2.42. The van der Waals surface area contributed by atoms with Crippen molar-refractivity contribution in [3.63, 3.8) is 0 Å². The molecule has 176 valence electrons. The van der Waals surface area contributed by atoms with E-state index in [0.717, 1.165) is 22.3 Å². The molecule has 33 heavy (non-hydrogen) atoms. The maximum atomic E-state index is 12.4. The third kappa shape index (κ3) is 5.90. The van der Waals surface area contributed by atoms with Crippen LogP contribution in [0, 0.1) is 0 Å². The molecule has 3 N–H and O–H groups in total. The molecule has 0 heterocycles. The largest absolute Gasteiger partial charge is 0.481 e. The first kappa shape index (κ1) is 24.3. The van der Waals surface area contributed by atoms with E-state index in [-0.39, 0.29) is 37.8 Å². The first-order chi connectivity index (χ1) is 15.8. The summed E-state index contributed by atoms with van der Waals surface area (Å²) in [5, 5.41) is 21.6. The zero-order valence-corrected chi connectivity index (χ0v) is 18.9. The normalized spacial score (nSPS) is 14.0. The van der Waals surface area contributed by atoms with E-state index in [1.165, 1.54) is 4.90 Å². The van der Waals surface area contributed by atoms with Crippen molar-refractivity contribution >= 4 is 18.0 Å². The molecule has 0 saturated heterocycles. The van der Waals surface area contributed by atoms with E-state index in [1.54, 1.807) is 13.8 Å². The van der Waals surface area contributed by atoms with Crippen molar-refractivity contribution in [3.8, 4) is 11.1 Å². The Labute approximate surface area is 193 Å². The fraction of sp³-hybridized carbons (Fsp3) is 0.400. The van der Waals surface area contributed by atoms with Crippen molar-refractivity contribution in [1.82, 2.24) is 10.2 Å². The molecule has 1 aliphatic carbocycles. The number of carbonyl (C=O) groups excluding carboxylic acids is 2. The van der Waals surface area contributed by atoms with Gasteiger partial charge in [-0.3, -0.25) is 9.59 Å². The molecule has 8 heteroatoms. The van der Waals surface area contributed by atoms with E-state index >= 15 is 0 Å². The van der Waals surface area contributed by atoms with Gasteiger partial charge >= 0.3 is 12.1 Å². The summed E-state index contributed by atoms with van der Waals surface area (Å²) in [7, 11) is 0. The number of carbonyl (C=O) groups is 3. The lowest BCUT2D eigenvalue weighted by molar-refractivity contribution is -0.141. The van der Waals surface area contributed by atoms with Crippen LogP contribution in [0.25, 0.3) is 11.1 Å². The number of rotatable bonds is 10. The first-order valence-corrected chi connectivity index (χ1v) is 11.1. The molecule has 0 aliphatic heterocycles. The highest BCUT2D eigenvalue weighted by atomic mass is 16.5. The Balaban J connectivity index is 1.49. The van der Waals surface area contributed by atoms with Gasteiger partial charge in [0.25, 0.3) is 0 Å². The zero-order valence-electron chi connectivity index (χ0n) is 18.9. The van der Waals surface area contributed by atoms with Gasteiger partial charge in [-0.2, -0.15) is 0 Å². The highest BCUT2D eigenvalue weighted by molar-refractivity contribution is 5.79. The summed E-state index contributed by atoms with van der Waals surface area (Å²) in [6.07, 6.45) is -2.17. The molecule has 2 aromatic carbocycles. The zero-order chi connectivity index (χ0) is 24.0. The minimum absolute atomic E-state index is 0.0662. The smallest absolute Gasteiger partial charge is 0.407 e. The summed E-state index contributed by atoms with van der Waals surface area (Å²) >= 11 is 0. The number of aliphatic hydroxyl groups excluding tert-OH is 1. The van der Waals surface area contributed by atoms with Crippen molar-refractivity contribution < 1.29 is 29.3 Å². The number of aliphatic carboxylic acids is 1. The van der Waals surface area contributed by atoms with Gasteiger partial charge in [-0.05, 0) is 36.1 Å². The van der Waals surface area contributed by atoms with Gasteiger partial charge in [0.05, 0.1) is 18.9 Å². The predicted molar refractivity (Wildman–Crippen MR) is 123 cm³/mol. The van der Waals surface area contributed by atoms with Crippen LogP contribution in [0.3, 0.4) is 0 Å². The molecule has 0 saturated carbocycles. The van der Waals surface area contributed by atoms with Gasteiger partial charge in [-0.25, -0.2) is 4.79 Å². The average Bonchev–Trinajstić information content (AvgIpc) is 3.10. The molecule has 8 nitrogen and oxygen atoms in total. The van der Waals surface area contributed by atoms with E-state index in [1.807, 2.05) is 36.4 Å². The van der Waals surface area contributed by atoms with Gasteiger partial charge in [-0.1, -0.05) is 48.5 Å². The van der Waals surface area contributed by atoms with Gasteiger partial charge in [0.1, 0.15) is 6.61 Å². The van der Waals surface area contributed by atoms with E-state index in [4.69, 9.17) is 9.84 Å². The van der Waals surface area contributed by atoms with Crippen LogP contribution in [0.1, 0.15) is 43.7 Å². The summed E-state index contributed by atoms with van der Waals surface area (Å²) in [4.78, 5) is 36.9. The number of nitrogens with one attached hydrogen (secondary N) is 1. The number of nitrogens with zero attached hydrogens (tertiary/aromatic N) is 1. The Hall–Kier alpha value is -3.39. The number of amides is 2. The highest BCUT2D eigenvalue weighted by Crippen LogP contribution is 2.44. The van der Waals surface area contributed by atoms with E-state index in [9.17, 15) is 19.5 Å². The molecule has 0 fully saturated rings. The topological polar surface area (TPSA) is 116 Å². The van der Waals surface area contributed by atoms with Gasteiger partial charge in [0.15, 0.2) is 0 Å². The molecule has 2 aromatic rings. The monoisotopic (exact) mass is 454 g/mol. The number of hydrogen-bond donors (Lipinski definition) is 3. The number of aliphatic hydroxyl groups is 1. The standard InChI is InChI=1S/C25H30N2O6/c1-3-27(16(2)12-24(30)31)23(29)13-17(28)14-26-25(32)33-15-22-20-10-6-4-8-18(20)19-9-5-7-11-21(19)22/h4-11,16-17,22,28H,3,12-15H2,1-2H3,(H,26,32)(H,30,31). The number of carboxylic acids is 1. The summed E-state index contributed by atoms with van der Waals surface area (Å²) < 4.78 is 5.42. The second-order valence-corrected chi connectivity index (χ2v) is 8.19. The predicted octanol–water partition coefficient (Wildman–Crippen LogP) is 2.99. The van der Waals surface area contributed by atoms with Crippen LogP contribution in [0.2, 0.25) is 0 Å². The van der Waals surface area contributed by atoms with Crippen molar-refractivity contribution in [2.24, 2.45) is 0 Å². The van der Waals surface area contributed by atoms with E-state index < -0.39 is 24.2 Å². The van der Waals surface area contributed by atoms with Crippen LogP contribution in [0.5, 0.6) is 0 Å². The summed E-state index contributed by atoms with van der Waals surface area (Å²) in [6, 6.07) is 15.6. The SMILES string of the molecule is CCN(C(=O)CC(O)CNC(=O)OCC1c2ccccc2-c2ccccc21)C(C)CC(=O)O. The Bertz CT molecular complexity index is 962. The second-order valence-electron chi connectivity index (χ2n) is 8.19. The molecular formula is C25H30N2O6. The summed E-state index contributed by atoms with van der Waals surface area (Å²) in [5.41, 5.74) is 4.47. The third-order valence-electron chi connectivity index (χ3n) is 5.90. The maximum Gasteiger partial charge on any atom is 0.407 e. The molecular weight excluding hydrogens is 424 g/mol. The van der Waals surface area contributed by atoms with Gasteiger partial charge in [0, 0.05) is 25.0 Å². The minimum atomic E-state index is -1.11. The van der Waals surface area contributed by atoms with Gasteiger partial charge in [0.2, 0.25) is 5.91 Å². The molecule has 2 atom stereocenters.